The van der Waals surface area contributed by atoms with E-state index in [1.54, 1.807) is 18.2 Å². The van der Waals surface area contributed by atoms with E-state index < -0.39 is 5.97 Å². The van der Waals surface area contributed by atoms with Gasteiger partial charge in [0, 0.05) is 11.1 Å². The van der Waals surface area contributed by atoms with Gasteiger partial charge in [-0.2, -0.15) is 0 Å². The Labute approximate surface area is 197 Å². The van der Waals surface area contributed by atoms with Crippen molar-refractivity contribution < 1.29 is 14.6 Å². The standard InChI is InChI=1S/C27H24Cl2O3/c28-21-12-9-18(15-22(21)29)27(31)32-24-14-11-17-6-2-4-8-20(17)26(24)25-19-7-3-1-5-16(19)10-13-23(25)30/h9-15,30H,1-8H2. The molecule has 3 aromatic rings. The van der Waals surface area contributed by atoms with Gasteiger partial charge in [-0.25, -0.2) is 4.79 Å². The molecular weight excluding hydrogens is 443 g/mol. The monoisotopic (exact) mass is 466 g/mol. The summed E-state index contributed by atoms with van der Waals surface area (Å²) in [5.41, 5.74) is 6.95. The first-order valence-corrected chi connectivity index (χ1v) is 11.9. The molecule has 2 aliphatic carbocycles. The molecule has 164 valence electrons. The average Bonchev–Trinajstić information content (AvgIpc) is 2.81. The molecule has 2 aliphatic rings. The number of benzene rings is 3. The zero-order valence-electron chi connectivity index (χ0n) is 17.7. The minimum atomic E-state index is -0.495. The molecule has 1 N–H and O–H groups in total. The largest absolute Gasteiger partial charge is 0.507 e. The Hall–Kier alpha value is -2.49. The number of halogens is 2. The van der Waals surface area contributed by atoms with Crippen LogP contribution in [0.25, 0.3) is 11.1 Å². The number of hydrogen-bond acceptors (Lipinski definition) is 3. The van der Waals surface area contributed by atoms with Gasteiger partial charge < -0.3 is 9.84 Å². The van der Waals surface area contributed by atoms with Gasteiger partial charge in [-0.15, -0.1) is 0 Å². The summed E-state index contributed by atoms with van der Waals surface area (Å²) >= 11 is 12.1. The normalized spacial score (nSPS) is 15.1. The summed E-state index contributed by atoms with van der Waals surface area (Å²) in [4.78, 5) is 13.0. The van der Waals surface area contributed by atoms with Crippen LogP contribution >= 0.6 is 23.2 Å². The Morgan fingerprint density at radius 3 is 2.06 bits per heavy atom. The van der Waals surface area contributed by atoms with Gasteiger partial charge in [0.25, 0.3) is 0 Å². The molecule has 3 aromatic carbocycles. The van der Waals surface area contributed by atoms with E-state index in [1.807, 2.05) is 12.1 Å². The Morgan fingerprint density at radius 2 is 1.38 bits per heavy atom. The van der Waals surface area contributed by atoms with Gasteiger partial charge in [-0.05, 0) is 104 Å². The Morgan fingerprint density at radius 1 is 0.750 bits per heavy atom. The highest BCUT2D eigenvalue weighted by molar-refractivity contribution is 6.42. The number of ether oxygens (including phenoxy) is 1. The van der Waals surface area contributed by atoms with Crippen LogP contribution in [0.15, 0.2) is 42.5 Å². The average molecular weight is 467 g/mol. The van der Waals surface area contributed by atoms with Crippen molar-refractivity contribution in [2.24, 2.45) is 0 Å². The highest BCUT2D eigenvalue weighted by Crippen LogP contribution is 2.46. The maximum absolute atomic E-state index is 13.0. The number of carbonyl (C=O) groups excluding carboxylic acids is 1. The van der Waals surface area contributed by atoms with E-state index in [9.17, 15) is 9.90 Å². The number of aryl methyl sites for hydroxylation is 2. The van der Waals surface area contributed by atoms with Crippen molar-refractivity contribution in [3.05, 3.63) is 80.3 Å². The molecule has 0 atom stereocenters. The summed E-state index contributed by atoms with van der Waals surface area (Å²) in [6.45, 7) is 0. The van der Waals surface area contributed by atoms with Crippen LogP contribution in [-0.4, -0.2) is 11.1 Å². The predicted octanol–water partition coefficient (Wildman–Crippen LogP) is 7.34. The number of phenolic OH excluding ortho intramolecular Hbond substituents is 1. The fourth-order valence-electron chi connectivity index (χ4n) is 5.04. The maximum Gasteiger partial charge on any atom is 0.343 e. The minimum Gasteiger partial charge on any atom is -0.507 e. The van der Waals surface area contributed by atoms with Crippen molar-refractivity contribution in [2.45, 2.75) is 51.4 Å². The van der Waals surface area contributed by atoms with E-state index in [1.165, 1.54) is 28.3 Å². The topological polar surface area (TPSA) is 46.5 Å². The van der Waals surface area contributed by atoms with Crippen LogP contribution in [0.2, 0.25) is 10.0 Å². The second-order valence-corrected chi connectivity index (χ2v) is 9.42. The van der Waals surface area contributed by atoms with E-state index in [-0.39, 0.29) is 5.75 Å². The molecular formula is C27H24Cl2O3. The Bertz CT molecular complexity index is 1220. The van der Waals surface area contributed by atoms with Gasteiger partial charge in [0.2, 0.25) is 0 Å². The highest BCUT2D eigenvalue weighted by atomic mass is 35.5. The Kier molecular flexibility index (Phi) is 5.88. The molecule has 3 nitrogen and oxygen atoms in total. The highest BCUT2D eigenvalue weighted by Gasteiger charge is 2.26. The van der Waals surface area contributed by atoms with Crippen molar-refractivity contribution in [3.63, 3.8) is 0 Å². The molecule has 5 heteroatoms. The summed E-state index contributed by atoms with van der Waals surface area (Å²) in [6.07, 6.45) is 8.32. The molecule has 0 aliphatic heterocycles. The number of carbonyl (C=O) groups is 1. The van der Waals surface area contributed by atoms with Crippen molar-refractivity contribution in [2.75, 3.05) is 0 Å². The fourth-order valence-corrected chi connectivity index (χ4v) is 5.34. The fraction of sp³-hybridized carbons (Fsp3) is 0.296. The first-order chi connectivity index (χ1) is 15.5. The van der Waals surface area contributed by atoms with Crippen LogP contribution in [0.5, 0.6) is 11.5 Å². The summed E-state index contributed by atoms with van der Waals surface area (Å²) in [5.74, 6) is 0.234. The molecule has 0 saturated heterocycles. The van der Waals surface area contributed by atoms with Gasteiger partial charge in [-0.1, -0.05) is 35.3 Å². The molecule has 0 saturated carbocycles. The lowest BCUT2D eigenvalue weighted by Gasteiger charge is -2.26. The third kappa shape index (κ3) is 3.89. The number of hydrogen-bond donors (Lipinski definition) is 1. The van der Waals surface area contributed by atoms with Crippen molar-refractivity contribution in [3.8, 4) is 22.6 Å². The minimum absolute atomic E-state index is 0.247. The number of aromatic hydroxyl groups is 1. The van der Waals surface area contributed by atoms with Gasteiger partial charge in [0.1, 0.15) is 11.5 Å². The van der Waals surface area contributed by atoms with E-state index in [0.717, 1.165) is 62.5 Å². The zero-order valence-corrected chi connectivity index (χ0v) is 19.2. The van der Waals surface area contributed by atoms with Gasteiger partial charge in [0.15, 0.2) is 0 Å². The van der Waals surface area contributed by atoms with Crippen LogP contribution in [0.1, 0.15) is 58.3 Å². The van der Waals surface area contributed by atoms with Crippen LogP contribution < -0.4 is 4.74 Å². The predicted molar refractivity (Wildman–Crippen MR) is 128 cm³/mol. The molecule has 0 unspecified atom stereocenters. The molecule has 0 aromatic heterocycles. The van der Waals surface area contributed by atoms with Crippen LogP contribution in [0, 0.1) is 0 Å². The van der Waals surface area contributed by atoms with Crippen LogP contribution in [0.4, 0.5) is 0 Å². The molecule has 0 amide bonds. The van der Waals surface area contributed by atoms with Gasteiger partial charge in [0.05, 0.1) is 15.6 Å². The van der Waals surface area contributed by atoms with Gasteiger partial charge in [-0.3, -0.25) is 0 Å². The lowest BCUT2D eigenvalue weighted by molar-refractivity contribution is 0.0735. The van der Waals surface area contributed by atoms with Crippen LogP contribution in [0.3, 0.4) is 0 Å². The first kappa shape index (κ1) is 21.4. The number of esters is 1. The lowest BCUT2D eigenvalue weighted by atomic mass is 9.80. The molecule has 0 radical (unpaired) electrons. The maximum atomic E-state index is 13.0. The summed E-state index contributed by atoms with van der Waals surface area (Å²) in [6, 6.07) is 12.5. The number of rotatable bonds is 3. The second kappa shape index (κ2) is 8.80. The third-order valence-corrected chi connectivity index (χ3v) is 7.35. The number of phenols is 1. The number of fused-ring (bicyclic) bond motifs is 2. The van der Waals surface area contributed by atoms with E-state index in [0.29, 0.717) is 21.4 Å². The van der Waals surface area contributed by atoms with E-state index in [4.69, 9.17) is 27.9 Å². The summed E-state index contributed by atoms with van der Waals surface area (Å²) in [7, 11) is 0. The molecule has 0 fully saturated rings. The Balaban J connectivity index is 1.66. The van der Waals surface area contributed by atoms with Crippen molar-refractivity contribution in [1.82, 2.24) is 0 Å². The van der Waals surface area contributed by atoms with Crippen LogP contribution in [-0.2, 0) is 25.7 Å². The molecule has 32 heavy (non-hydrogen) atoms. The smallest absolute Gasteiger partial charge is 0.343 e. The van der Waals surface area contributed by atoms with Crippen molar-refractivity contribution >= 4 is 29.2 Å². The quantitative estimate of drug-likeness (QED) is 0.324. The SMILES string of the molecule is O=C(Oc1ccc2c(c1-c1c(O)ccc3c1CCCC3)CCCC2)c1ccc(Cl)c(Cl)c1. The van der Waals surface area contributed by atoms with Crippen molar-refractivity contribution in [1.29, 1.82) is 0 Å². The second-order valence-electron chi connectivity index (χ2n) is 8.61. The third-order valence-electron chi connectivity index (χ3n) is 6.61. The van der Waals surface area contributed by atoms with E-state index >= 15 is 0 Å². The molecule has 0 spiro atoms. The zero-order chi connectivity index (χ0) is 22.2. The lowest BCUT2D eigenvalue weighted by Crippen LogP contribution is -2.13. The first-order valence-electron chi connectivity index (χ1n) is 11.2. The van der Waals surface area contributed by atoms with E-state index in [2.05, 4.69) is 6.07 Å². The molecule has 0 bridgehead atoms. The summed E-state index contributed by atoms with van der Waals surface area (Å²) < 4.78 is 5.94. The summed E-state index contributed by atoms with van der Waals surface area (Å²) in [5, 5.41) is 11.7. The molecule has 5 rings (SSSR count). The molecule has 0 heterocycles. The van der Waals surface area contributed by atoms with Gasteiger partial charge >= 0.3 is 5.97 Å².